The molecule has 2 N–H and O–H groups in total. The zero-order chi connectivity index (χ0) is 11.5. The normalized spacial score (nSPS) is 12.6. The predicted molar refractivity (Wildman–Crippen MR) is 65.1 cm³/mol. The summed E-state index contributed by atoms with van der Waals surface area (Å²) >= 11 is 5.02. The van der Waals surface area contributed by atoms with E-state index in [9.17, 15) is 4.79 Å². The Morgan fingerprint density at radius 2 is 2.00 bits per heavy atom. The maximum absolute atomic E-state index is 11.4. The molecule has 1 atom stereocenters. The number of hydrogen-bond acceptors (Lipinski definition) is 2. The van der Waals surface area contributed by atoms with E-state index in [2.05, 4.69) is 29.3 Å². The number of aromatic amines is 2. The fourth-order valence-electron chi connectivity index (χ4n) is 1.66. The van der Waals surface area contributed by atoms with E-state index in [0.717, 1.165) is 0 Å². The van der Waals surface area contributed by atoms with Gasteiger partial charge in [0.05, 0.1) is 0 Å². The Kier molecular flexibility index (Phi) is 3.05. The van der Waals surface area contributed by atoms with Gasteiger partial charge in [0.1, 0.15) is 0 Å². The quantitative estimate of drug-likeness (QED) is 0.800. The van der Waals surface area contributed by atoms with Gasteiger partial charge in [-0.25, -0.2) is 9.89 Å². The first-order valence-corrected chi connectivity index (χ1v) is 5.51. The third kappa shape index (κ3) is 2.14. The van der Waals surface area contributed by atoms with Gasteiger partial charge in [0.15, 0.2) is 4.77 Å². The van der Waals surface area contributed by atoms with Crippen molar-refractivity contribution >= 4 is 12.2 Å². The lowest BCUT2D eigenvalue weighted by molar-refractivity contribution is 0.576. The van der Waals surface area contributed by atoms with Crippen molar-refractivity contribution in [3.8, 4) is 0 Å². The Bertz CT molecular complexity index is 539. The summed E-state index contributed by atoms with van der Waals surface area (Å²) in [7, 11) is 0. The van der Waals surface area contributed by atoms with Crippen LogP contribution in [0.5, 0.6) is 0 Å². The molecular weight excluding hydrogens is 222 g/mol. The minimum Gasteiger partial charge on any atom is -0.272 e. The molecule has 4 nitrogen and oxygen atoms in total. The summed E-state index contributed by atoms with van der Waals surface area (Å²) in [5.74, 6) is 0.254. The number of benzene rings is 1. The molecule has 1 heterocycles. The summed E-state index contributed by atoms with van der Waals surface area (Å²) in [4.78, 5) is 11.4. The summed E-state index contributed by atoms with van der Waals surface area (Å²) in [5.41, 5.74) is 1.01. The predicted octanol–water partition coefficient (Wildman–Crippen LogP) is 2.04. The molecular formula is C11H13N3OS. The lowest BCUT2D eigenvalue weighted by Gasteiger charge is -2.11. The molecule has 0 aliphatic rings. The highest BCUT2D eigenvalue weighted by Crippen LogP contribution is 2.15. The molecule has 0 spiro atoms. The summed E-state index contributed by atoms with van der Waals surface area (Å²) in [6, 6.07) is 10.1. The molecule has 0 aliphatic carbocycles. The van der Waals surface area contributed by atoms with Crippen LogP contribution in [0.15, 0.2) is 35.1 Å². The second kappa shape index (κ2) is 4.49. The van der Waals surface area contributed by atoms with Crippen LogP contribution in [-0.2, 0) is 6.54 Å². The van der Waals surface area contributed by atoms with Gasteiger partial charge < -0.3 is 0 Å². The van der Waals surface area contributed by atoms with Gasteiger partial charge in [0.2, 0.25) is 0 Å². The molecule has 0 aliphatic heterocycles. The van der Waals surface area contributed by atoms with Crippen molar-refractivity contribution in [2.75, 3.05) is 0 Å². The Hall–Kier alpha value is -1.62. The molecule has 0 saturated carbocycles. The Morgan fingerprint density at radius 3 is 2.56 bits per heavy atom. The lowest BCUT2D eigenvalue weighted by Crippen LogP contribution is -2.20. The maximum Gasteiger partial charge on any atom is 0.342 e. The largest absolute Gasteiger partial charge is 0.342 e. The fraction of sp³-hybridized carbons (Fsp3) is 0.273. The van der Waals surface area contributed by atoms with E-state index in [1.54, 1.807) is 0 Å². The molecule has 0 radical (unpaired) electrons. The van der Waals surface area contributed by atoms with Crippen molar-refractivity contribution in [2.24, 2.45) is 0 Å². The first-order valence-electron chi connectivity index (χ1n) is 5.11. The van der Waals surface area contributed by atoms with E-state index in [4.69, 9.17) is 12.2 Å². The fourth-order valence-corrected chi connectivity index (χ4v) is 1.87. The number of nitrogens with one attached hydrogen (secondary N) is 2. The molecule has 84 valence electrons. The molecule has 5 heteroatoms. The van der Waals surface area contributed by atoms with Crippen LogP contribution >= 0.6 is 12.2 Å². The van der Waals surface area contributed by atoms with Gasteiger partial charge in [-0.2, -0.15) is 0 Å². The van der Waals surface area contributed by atoms with Gasteiger partial charge in [-0.15, -0.1) is 0 Å². The molecule has 1 aromatic carbocycles. The van der Waals surface area contributed by atoms with Crippen molar-refractivity contribution in [2.45, 2.75) is 19.4 Å². The highest BCUT2D eigenvalue weighted by Gasteiger charge is 2.08. The van der Waals surface area contributed by atoms with E-state index in [-0.39, 0.29) is 11.6 Å². The number of nitrogens with zero attached hydrogens (tertiary/aromatic N) is 1. The third-order valence-corrected chi connectivity index (χ3v) is 2.91. The number of H-pyrrole nitrogens is 2. The van der Waals surface area contributed by atoms with Crippen LogP contribution in [0.2, 0.25) is 0 Å². The van der Waals surface area contributed by atoms with Gasteiger partial charge in [-0.3, -0.25) is 9.67 Å². The molecule has 1 unspecified atom stereocenters. The topological polar surface area (TPSA) is 53.6 Å². The maximum atomic E-state index is 11.4. The van der Waals surface area contributed by atoms with Gasteiger partial charge in [-0.05, 0) is 23.7 Å². The van der Waals surface area contributed by atoms with Crippen LogP contribution < -0.4 is 5.69 Å². The summed E-state index contributed by atoms with van der Waals surface area (Å²) in [6.45, 7) is 2.66. The molecule has 0 saturated heterocycles. The van der Waals surface area contributed by atoms with Crippen LogP contribution in [0.1, 0.15) is 18.4 Å². The van der Waals surface area contributed by atoms with Crippen molar-refractivity contribution in [3.05, 3.63) is 51.2 Å². The SMILES string of the molecule is CC(Cn1c(=O)[nH][nH]c1=S)c1ccccc1. The minimum absolute atomic E-state index is 0.187. The van der Waals surface area contributed by atoms with Crippen LogP contribution in [0.4, 0.5) is 0 Å². The number of aromatic nitrogens is 3. The molecule has 0 fully saturated rings. The van der Waals surface area contributed by atoms with Crippen molar-refractivity contribution in [1.82, 2.24) is 14.8 Å². The molecule has 0 amide bonds. The average molecular weight is 235 g/mol. The van der Waals surface area contributed by atoms with E-state index >= 15 is 0 Å². The number of hydrogen-bond donors (Lipinski definition) is 2. The first-order chi connectivity index (χ1) is 7.68. The van der Waals surface area contributed by atoms with Gasteiger partial charge in [-0.1, -0.05) is 37.3 Å². The van der Waals surface area contributed by atoms with E-state index < -0.39 is 0 Å². The van der Waals surface area contributed by atoms with Crippen LogP contribution in [0.3, 0.4) is 0 Å². The van der Waals surface area contributed by atoms with Gasteiger partial charge in [0.25, 0.3) is 0 Å². The lowest BCUT2D eigenvalue weighted by atomic mass is 10.0. The second-order valence-corrected chi connectivity index (χ2v) is 4.17. The summed E-state index contributed by atoms with van der Waals surface area (Å²) in [5, 5.41) is 5.11. The molecule has 16 heavy (non-hydrogen) atoms. The molecule has 0 bridgehead atoms. The monoisotopic (exact) mass is 235 g/mol. The van der Waals surface area contributed by atoms with E-state index in [0.29, 0.717) is 11.3 Å². The summed E-state index contributed by atoms with van der Waals surface area (Å²) < 4.78 is 1.97. The zero-order valence-electron chi connectivity index (χ0n) is 8.93. The smallest absolute Gasteiger partial charge is 0.272 e. The minimum atomic E-state index is -0.187. The van der Waals surface area contributed by atoms with Crippen molar-refractivity contribution < 1.29 is 0 Å². The first kappa shape index (κ1) is 10.9. The summed E-state index contributed by atoms with van der Waals surface area (Å²) in [6.07, 6.45) is 0. The van der Waals surface area contributed by atoms with E-state index in [1.165, 1.54) is 10.1 Å². The van der Waals surface area contributed by atoms with Gasteiger partial charge >= 0.3 is 5.69 Å². The van der Waals surface area contributed by atoms with Crippen LogP contribution in [0, 0.1) is 4.77 Å². The molecule has 2 rings (SSSR count). The average Bonchev–Trinajstić information content (AvgIpc) is 2.62. The van der Waals surface area contributed by atoms with Crippen LogP contribution in [-0.4, -0.2) is 14.8 Å². The Morgan fingerprint density at radius 1 is 1.31 bits per heavy atom. The molecule has 2 aromatic rings. The van der Waals surface area contributed by atoms with Crippen LogP contribution in [0.25, 0.3) is 0 Å². The second-order valence-electron chi connectivity index (χ2n) is 3.78. The number of rotatable bonds is 3. The van der Waals surface area contributed by atoms with E-state index in [1.807, 2.05) is 18.2 Å². The Balaban J connectivity index is 2.24. The highest BCUT2D eigenvalue weighted by molar-refractivity contribution is 7.71. The van der Waals surface area contributed by atoms with Crippen molar-refractivity contribution in [1.29, 1.82) is 0 Å². The highest BCUT2D eigenvalue weighted by atomic mass is 32.1. The Labute approximate surface area is 97.9 Å². The standard InChI is InChI=1S/C11H13N3OS/c1-8(9-5-3-2-4-6-9)7-14-10(15)12-13-11(14)16/h2-6,8H,7H2,1H3,(H,12,15)(H,13,16). The van der Waals surface area contributed by atoms with Crippen molar-refractivity contribution in [3.63, 3.8) is 0 Å². The molecule has 1 aromatic heterocycles. The third-order valence-electron chi connectivity index (χ3n) is 2.59. The van der Waals surface area contributed by atoms with Gasteiger partial charge in [0, 0.05) is 6.54 Å². The zero-order valence-corrected chi connectivity index (χ0v) is 9.75.